The number of carboxylic acid groups (broad SMARTS) is 1. The Morgan fingerprint density at radius 2 is 1.53 bits per heavy atom. The molecule has 0 aliphatic heterocycles. The number of carbonyl (C=O) groups is 1. The molecule has 0 spiro atoms. The smallest absolute Gasteiger partial charge is 0.341 e. The van der Waals surface area contributed by atoms with Crippen molar-refractivity contribution in [2.24, 2.45) is 0 Å². The van der Waals surface area contributed by atoms with E-state index in [0.717, 1.165) is 16.2 Å². The second-order valence-electron chi connectivity index (χ2n) is 6.55. The van der Waals surface area contributed by atoms with Gasteiger partial charge >= 0.3 is 5.97 Å². The van der Waals surface area contributed by atoms with Crippen LogP contribution in [-0.4, -0.2) is 23.4 Å². The fraction of sp³-hybridized carbons (Fsp3) is 0.125. The zero-order valence-electron chi connectivity index (χ0n) is 16.3. The van der Waals surface area contributed by atoms with E-state index in [0.29, 0.717) is 5.75 Å². The average Bonchev–Trinajstić information content (AvgIpc) is 2.72. The van der Waals surface area contributed by atoms with Crippen molar-refractivity contribution in [2.75, 3.05) is 12.4 Å². The lowest BCUT2D eigenvalue weighted by atomic mass is 9.98. The highest BCUT2D eigenvalue weighted by atomic mass is 127. The van der Waals surface area contributed by atoms with Crippen molar-refractivity contribution in [2.45, 2.75) is 11.8 Å². The molecule has 0 aliphatic rings. The van der Waals surface area contributed by atoms with Crippen LogP contribution in [0.5, 0.6) is 5.75 Å². The van der Waals surface area contributed by atoms with Gasteiger partial charge in [-0.15, -0.1) is 11.8 Å². The molecule has 1 N–H and O–H groups in total. The molecule has 0 heterocycles. The molecule has 3 nitrogen and oxygen atoms in total. The summed E-state index contributed by atoms with van der Waals surface area (Å²) in [6, 6.07) is 22.9. The minimum Gasteiger partial charge on any atom is -0.482 e. The van der Waals surface area contributed by atoms with E-state index in [-0.39, 0.29) is 6.61 Å². The van der Waals surface area contributed by atoms with Crippen LogP contribution in [0.15, 0.2) is 77.7 Å². The second kappa shape index (κ2) is 11.2. The summed E-state index contributed by atoms with van der Waals surface area (Å²) in [6.07, 6.45) is 2.27. The molecule has 0 bridgehead atoms. The molecule has 0 amide bonds. The second-order valence-corrected chi connectivity index (χ2v) is 10.1. The number of hydrogen-bond acceptors (Lipinski definition) is 3. The maximum absolute atomic E-state index is 10.7. The molecule has 3 aromatic rings. The third-order valence-electron chi connectivity index (χ3n) is 4.35. The first-order chi connectivity index (χ1) is 14.4. The summed E-state index contributed by atoms with van der Waals surface area (Å²) in [4.78, 5) is 11.8. The SMILES string of the molecule is Cc1cc(OCC(=O)O)ccc1SCC=C(c1ccc(I)cc1)c1ccc(I)cc1. The lowest BCUT2D eigenvalue weighted by Gasteiger charge is -2.11. The number of thioether (sulfide) groups is 1. The fourth-order valence-electron chi connectivity index (χ4n) is 2.89. The molecule has 154 valence electrons. The maximum Gasteiger partial charge on any atom is 0.341 e. The number of aliphatic carboxylic acids is 1. The Morgan fingerprint density at radius 3 is 2.03 bits per heavy atom. The number of halogens is 2. The molecule has 3 rings (SSSR count). The Balaban J connectivity index is 1.78. The van der Waals surface area contributed by atoms with Crippen molar-refractivity contribution < 1.29 is 14.6 Å². The van der Waals surface area contributed by atoms with Crippen LogP contribution in [-0.2, 0) is 4.79 Å². The van der Waals surface area contributed by atoms with Crippen molar-refractivity contribution in [1.82, 2.24) is 0 Å². The van der Waals surface area contributed by atoms with Crippen molar-refractivity contribution in [3.8, 4) is 5.75 Å². The molecule has 0 aliphatic carbocycles. The Hall–Kier alpha value is -1.52. The van der Waals surface area contributed by atoms with Gasteiger partial charge in [-0.1, -0.05) is 30.3 Å². The monoisotopic (exact) mass is 642 g/mol. The van der Waals surface area contributed by atoms with E-state index >= 15 is 0 Å². The van der Waals surface area contributed by atoms with Gasteiger partial charge in [0.05, 0.1) is 0 Å². The average molecular weight is 642 g/mol. The maximum atomic E-state index is 10.7. The minimum absolute atomic E-state index is 0.329. The summed E-state index contributed by atoms with van der Waals surface area (Å²) < 4.78 is 7.69. The van der Waals surface area contributed by atoms with Gasteiger partial charge < -0.3 is 9.84 Å². The summed E-state index contributed by atoms with van der Waals surface area (Å²) in [7, 11) is 0. The molecule has 3 aromatic carbocycles. The van der Waals surface area contributed by atoms with Gasteiger partial charge in [0.2, 0.25) is 0 Å². The number of ether oxygens (including phenoxy) is 1. The van der Waals surface area contributed by atoms with Crippen LogP contribution in [0.3, 0.4) is 0 Å². The highest BCUT2D eigenvalue weighted by Gasteiger charge is 2.07. The molecule has 0 unspecified atom stereocenters. The van der Waals surface area contributed by atoms with E-state index in [1.54, 1.807) is 11.8 Å². The van der Waals surface area contributed by atoms with Gasteiger partial charge in [-0.2, -0.15) is 0 Å². The van der Waals surface area contributed by atoms with Crippen molar-refractivity contribution in [1.29, 1.82) is 0 Å². The molecule has 0 fully saturated rings. The Bertz CT molecular complexity index is 998. The van der Waals surface area contributed by atoms with Gasteiger partial charge in [-0.3, -0.25) is 0 Å². The molecule has 0 aromatic heterocycles. The molecular formula is C24H20I2O3S. The molecule has 0 radical (unpaired) electrons. The molecule has 6 heteroatoms. The summed E-state index contributed by atoms with van der Waals surface area (Å²) in [5.74, 6) is 0.423. The van der Waals surface area contributed by atoms with E-state index in [4.69, 9.17) is 9.84 Å². The number of carboxylic acids is 1. The quantitative estimate of drug-likeness (QED) is 0.215. The van der Waals surface area contributed by atoms with E-state index in [1.807, 2.05) is 25.1 Å². The van der Waals surface area contributed by atoms with Crippen LogP contribution < -0.4 is 4.74 Å². The van der Waals surface area contributed by atoms with Crippen LogP contribution >= 0.6 is 56.9 Å². The predicted octanol–water partition coefficient (Wildman–Crippen LogP) is 6.89. The van der Waals surface area contributed by atoms with E-state index in [2.05, 4.69) is 99.8 Å². The highest BCUT2D eigenvalue weighted by Crippen LogP contribution is 2.29. The molecule has 0 saturated heterocycles. The third-order valence-corrected chi connectivity index (χ3v) is 6.89. The normalized spacial score (nSPS) is 10.5. The largest absolute Gasteiger partial charge is 0.482 e. The zero-order valence-corrected chi connectivity index (χ0v) is 21.4. The lowest BCUT2D eigenvalue weighted by Crippen LogP contribution is -2.09. The van der Waals surface area contributed by atoms with Crippen LogP contribution in [0.25, 0.3) is 5.57 Å². The summed E-state index contributed by atoms with van der Waals surface area (Å²) in [6.45, 7) is 1.68. The molecule has 0 saturated carbocycles. The lowest BCUT2D eigenvalue weighted by molar-refractivity contribution is -0.139. The topological polar surface area (TPSA) is 46.5 Å². The molecule has 0 atom stereocenters. The first-order valence-electron chi connectivity index (χ1n) is 9.22. The van der Waals surface area contributed by atoms with Crippen LogP contribution in [0, 0.1) is 14.1 Å². The Kier molecular flexibility index (Phi) is 8.64. The predicted molar refractivity (Wildman–Crippen MR) is 140 cm³/mol. The van der Waals surface area contributed by atoms with E-state index < -0.39 is 5.97 Å². The van der Waals surface area contributed by atoms with Gasteiger partial charge in [0.15, 0.2) is 6.61 Å². The van der Waals surface area contributed by atoms with E-state index in [1.165, 1.54) is 23.8 Å². The van der Waals surface area contributed by atoms with Gasteiger partial charge in [-0.05, 0) is 117 Å². The van der Waals surface area contributed by atoms with Crippen LogP contribution in [0.4, 0.5) is 0 Å². The van der Waals surface area contributed by atoms with Gasteiger partial charge in [0, 0.05) is 17.8 Å². The Labute approximate surface area is 208 Å². The summed E-state index contributed by atoms with van der Waals surface area (Å²) >= 11 is 6.40. The minimum atomic E-state index is -0.977. The zero-order chi connectivity index (χ0) is 21.5. The fourth-order valence-corrected chi connectivity index (χ4v) is 4.49. The van der Waals surface area contributed by atoms with Gasteiger partial charge in [-0.25, -0.2) is 4.79 Å². The van der Waals surface area contributed by atoms with Crippen molar-refractivity contribution in [3.63, 3.8) is 0 Å². The number of rotatable bonds is 8. The van der Waals surface area contributed by atoms with Crippen LogP contribution in [0.1, 0.15) is 16.7 Å². The van der Waals surface area contributed by atoms with Crippen molar-refractivity contribution in [3.05, 3.63) is 96.6 Å². The number of aryl methyl sites for hydroxylation is 1. The number of hydrogen-bond donors (Lipinski definition) is 1. The highest BCUT2D eigenvalue weighted by molar-refractivity contribution is 14.1. The first-order valence-corrected chi connectivity index (χ1v) is 12.4. The molecule has 30 heavy (non-hydrogen) atoms. The van der Waals surface area contributed by atoms with Crippen molar-refractivity contribution >= 4 is 68.5 Å². The van der Waals surface area contributed by atoms with Gasteiger partial charge in [0.1, 0.15) is 5.75 Å². The standard InChI is InChI=1S/C24H20I2O3S/c1-16-14-21(29-15-24(27)28)10-11-23(16)30-13-12-22(17-2-6-19(25)7-3-17)18-4-8-20(26)9-5-18/h2-12,14H,13,15H2,1H3,(H,27,28). The Morgan fingerprint density at radius 1 is 0.967 bits per heavy atom. The summed E-state index contributed by atoms with van der Waals surface area (Å²) in [5, 5.41) is 8.75. The number of benzene rings is 3. The van der Waals surface area contributed by atoms with E-state index in [9.17, 15) is 4.79 Å². The third kappa shape index (κ3) is 6.75. The first kappa shape index (κ1) is 23.1. The van der Waals surface area contributed by atoms with Crippen LogP contribution in [0.2, 0.25) is 0 Å². The molecular weight excluding hydrogens is 622 g/mol. The summed E-state index contributed by atoms with van der Waals surface area (Å²) in [5.41, 5.74) is 4.69. The van der Waals surface area contributed by atoms with Gasteiger partial charge in [0.25, 0.3) is 0 Å².